The molecule has 1 N–H and O–H groups in total. The summed E-state index contributed by atoms with van der Waals surface area (Å²) < 4.78 is 5.61. The lowest BCUT2D eigenvalue weighted by Gasteiger charge is -2.26. The number of carbonyl (C=O) groups is 2. The Morgan fingerprint density at radius 3 is 2.04 bits per heavy atom. The van der Waals surface area contributed by atoms with Crippen LogP contribution in [0.5, 0.6) is 5.75 Å². The quantitative estimate of drug-likeness (QED) is 0.726. The minimum atomic E-state index is -0.235. The van der Waals surface area contributed by atoms with Gasteiger partial charge in [0.1, 0.15) is 12.3 Å². The molecule has 0 heterocycles. The Morgan fingerprint density at radius 2 is 1.57 bits per heavy atom. The van der Waals surface area contributed by atoms with Gasteiger partial charge in [-0.15, -0.1) is 0 Å². The number of carbonyl (C=O) groups excluding carboxylic acids is 2. The van der Waals surface area contributed by atoms with Crippen LogP contribution in [0.4, 0.5) is 11.4 Å². The van der Waals surface area contributed by atoms with Crippen LogP contribution >= 0.6 is 0 Å². The zero-order valence-corrected chi connectivity index (χ0v) is 17.4. The average molecular weight is 383 g/mol. The Bertz CT molecular complexity index is 791. The van der Waals surface area contributed by atoms with Crippen molar-refractivity contribution in [1.29, 1.82) is 0 Å². The highest BCUT2D eigenvalue weighted by Crippen LogP contribution is 2.27. The minimum Gasteiger partial charge on any atom is -0.491 e. The number of benzene rings is 2. The Morgan fingerprint density at radius 1 is 1.00 bits per heavy atom. The lowest BCUT2D eigenvalue weighted by atomic mass is 10.0. The third kappa shape index (κ3) is 5.59. The number of nitrogens with one attached hydrogen (secondary N) is 1. The molecule has 2 amide bonds. The molecule has 0 spiro atoms. The Balaban J connectivity index is 2.17. The second-order valence-electron chi connectivity index (χ2n) is 6.98. The van der Waals surface area contributed by atoms with Crippen molar-refractivity contribution >= 4 is 23.2 Å². The molecule has 5 heteroatoms. The van der Waals surface area contributed by atoms with E-state index >= 15 is 0 Å². The van der Waals surface area contributed by atoms with E-state index in [1.807, 2.05) is 44.2 Å². The summed E-state index contributed by atoms with van der Waals surface area (Å²) in [6.07, 6.45) is 1.69. The second-order valence-corrected chi connectivity index (χ2v) is 6.98. The molecule has 5 nitrogen and oxygen atoms in total. The predicted octanol–water partition coefficient (Wildman–Crippen LogP) is 4.59. The first-order valence-corrected chi connectivity index (χ1v) is 9.81. The fraction of sp³-hybridized carbons (Fsp3) is 0.391. The fourth-order valence-electron chi connectivity index (χ4n) is 3.14. The van der Waals surface area contributed by atoms with Crippen LogP contribution in [0, 0.1) is 0 Å². The Labute approximate surface area is 167 Å². The molecular formula is C23H30N2O3. The summed E-state index contributed by atoms with van der Waals surface area (Å²) in [5.74, 6) is 0.370. The number of para-hydroxylation sites is 1. The first-order valence-electron chi connectivity index (χ1n) is 9.81. The van der Waals surface area contributed by atoms with Crippen LogP contribution in [0.15, 0.2) is 42.5 Å². The van der Waals surface area contributed by atoms with Crippen molar-refractivity contribution in [2.75, 3.05) is 16.8 Å². The number of amides is 2. The van der Waals surface area contributed by atoms with E-state index in [-0.39, 0.29) is 24.5 Å². The molecule has 0 unspecified atom stereocenters. The van der Waals surface area contributed by atoms with Gasteiger partial charge >= 0.3 is 0 Å². The van der Waals surface area contributed by atoms with Crippen LogP contribution in [-0.2, 0) is 22.4 Å². The predicted molar refractivity (Wildman–Crippen MR) is 114 cm³/mol. The lowest BCUT2D eigenvalue weighted by molar-refractivity contribution is -0.120. The summed E-state index contributed by atoms with van der Waals surface area (Å²) in [6.45, 7) is 9.51. The Hall–Kier alpha value is -2.82. The monoisotopic (exact) mass is 382 g/mol. The highest BCUT2D eigenvalue weighted by atomic mass is 16.5. The molecule has 0 atom stereocenters. The van der Waals surface area contributed by atoms with E-state index in [1.54, 1.807) is 17.0 Å². The van der Waals surface area contributed by atoms with Crippen molar-refractivity contribution in [2.45, 2.75) is 53.6 Å². The van der Waals surface area contributed by atoms with Gasteiger partial charge in [0.05, 0.1) is 11.8 Å². The molecular weight excluding hydrogens is 352 g/mol. The molecule has 0 saturated carbocycles. The molecule has 150 valence electrons. The molecule has 2 aromatic rings. The first-order chi connectivity index (χ1) is 13.3. The number of nitrogens with zero attached hydrogens (tertiary/aromatic N) is 1. The van der Waals surface area contributed by atoms with Gasteiger partial charge in [-0.1, -0.05) is 32.0 Å². The van der Waals surface area contributed by atoms with Crippen LogP contribution in [0.1, 0.15) is 45.7 Å². The number of rotatable bonds is 8. The molecule has 0 fully saturated rings. The molecule has 0 radical (unpaired) electrons. The summed E-state index contributed by atoms with van der Waals surface area (Å²) in [7, 11) is 0. The van der Waals surface area contributed by atoms with Crippen molar-refractivity contribution in [3.05, 3.63) is 53.6 Å². The second kappa shape index (κ2) is 9.93. The molecule has 0 aromatic heterocycles. The molecule has 0 aliphatic heterocycles. The summed E-state index contributed by atoms with van der Waals surface area (Å²) in [5, 5.41) is 2.86. The molecule has 2 aromatic carbocycles. The number of anilines is 2. The van der Waals surface area contributed by atoms with Crippen LogP contribution in [0.25, 0.3) is 0 Å². The molecule has 0 bridgehead atoms. The van der Waals surface area contributed by atoms with Gasteiger partial charge < -0.3 is 15.0 Å². The van der Waals surface area contributed by atoms with Gasteiger partial charge in [0, 0.05) is 12.6 Å². The SMILES string of the molecule is CCc1cccc(CC)c1N(CC(=O)Nc1ccc(OC(C)C)cc1)C(C)=O. The van der Waals surface area contributed by atoms with Gasteiger partial charge in [0.25, 0.3) is 0 Å². The summed E-state index contributed by atoms with van der Waals surface area (Å²) in [6, 6.07) is 13.3. The molecule has 0 aliphatic carbocycles. The van der Waals surface area contributed by atoms with E-state index in [1.165, 1.54) is 6.92 Å². The van der Waals surface area contributed by atoms with Crippen LogP contribution in [0.3, 0.4) is 0 Å². The van der Waals surface area contributed by atoms with Gasteiger partial charge in [0.15, 0.2) is 0 Å². The third-order valence-electron chi connectivity index (χ3n) is 4.43. The molecule has 28 heavy (non-hydrogen) atoms. The van der Waals surface area contributed by atoms with Gasteiger partial charge in [-0.05, 0) is 62.1 Å². The molecule has 0 saturated heterocycles. The minimum absolute atomic E-state index is 0.0242. The van der Waals surface area contributed by atoms with E-state index in [0.717, 1.165) is 35.4 Å². The third-order valence-corrected chi connectivity index (χ3v) is 4.43. The van der Waals surface area contributed by atoms with Crippen LogP contribution < -0.4 is 15.0 Å². The number of hydrogen-bond acceptors (Lipinski definition) is 3. The van der Waals surface area contributed by atoms with E-state index in [0.29, 0.717) is 5.69 Å². The van der Waals surface area contributed by atoms with Gasteiger partial charge in [-0.2, -0.15) is 0 Å². The highest BCUT2D eigenvalue weighted by molar-refractivity contribution is 6.02. The normalized spacial score (nSPS) is 10.6. The number of aryl methyl sites for hydroxylation is 2. The lowest BCUT2D eigenvalue weighted by Crippen LogP contribution is -2.37. The number of hydrogen-bond donors (Lipinski definition) is 1. The summed E-state index contributed by atoms with van der Waals surface area (Å²) in [4.78, 5) is 26.5. The topological polar surface area (TPSA) is 58.6 Å². The zero-order chi connectivity index (χ0) is 20.7. The molecule has 0 aliphatic rings. The first kappa shape index (κ1) is 21.5. The van der Waals surface area contributed by atoms with Crippen molar-refractivity contribution in [3.8, 4) is 5.75 Å². The van der Waals surface area contributed by atoms with Gasteiger partial charge in [0.2, 0.25) is 11.8 Å². The van der Waals surface area contributed by atoms with E-state index in [9.17, 15) is 9.59 Å². The van der Waals surface area contributed by atoms with Crippen LogP contribution in [-0.4, -0.2) is 24.5 Å². The zero-order valence-electron chi connectivity index (χ0n) is 17.4. The van der Waals surface area contributed by atoms with E-state index < -0.39 is 0 Å². The molecule has 2 rings (SSSR count). The maximum atomic E-state index is 12.6. The maximum absolute atomic E-state index is 12.6. The van der Waals surface area contributed by atoms with Crippen molar-refractivity contribution < 1.29 is 14.3 Å². The van der Waals surface area contributed by atoms with Gasteiger partial charge in [-0.3, -0.25) is 9.59 Å². The summed E-state index contributed by atoms with van der Waals surface area (Å²) >= 11 is 0. The summed E-state index contributed by atoms with van der Waals surface area (Å²) in [5.41, 5.74) is 3.66. The average Bonchev–Trinajstić information content (AvgIpc) is 2.66. The van der Waals surface area contributed by atoms with E-state index in [2.05, 4.69) is 19.2 Å². The largest absolute Gasteiger partial charge is 0.491 e. The van der Waals surface area contributed by atoms with E-state index in [4.69, 9.17) is 4.74 Å². The van der Waals surface area contributed by atoms with Crippen LogP contribution in [0.2, 0.25) is 0 Å². The maximum Gasteiger partial charge on any atom is 0.244 e. The van der Waals surface area contributed by atoms with Crippen molar-refractivity contribution in [3.63, 3.8) is 0 Å². The highest BCUT2D eigenvalue weighted by Gasteiger charge is 2.21. The van der Waals surface area contributed by atoms with Crippen molar-refractivity contribution in [2.24, 2.45) is 0 Å². The Kier molecular flexibility index (Phi) is 7.61. The van der Waals surface area contributed by atoms with Crippen molar-refractivity contribution in [1.82, 2.24) is 0 Å². The standard InChI is InChI=1S/C23H30N2O3/c1-6-18-9-8-10-19(7-2)23(18)25(17(5)26)15-22(27)24-20-11-13-21(14-12-20)28-16(3)4/h8-14,16H,6-7,15H2,1-5H3,(H,24,27). The van der Waals surface area contributed by atoms with Gasteiger partial charge in [-0.25, -0.2) is 0 Å². The smallest absolute Gasteiger partial charge is 0.244 e. The number of ether oxygens (including phenoxy) is 1. The fourth-order valence-corrected chi connectivity index (χ4v) is 3.14.